The van der Waals surface area contributed by atoms with E-state index in [1.165, 1.54) is 12.1 Å². The first-order valence-electron chi connectivity index (χ1n) is 4.91. The summed E-state index contributed by atoms with van der Waals surface area (Å²) in [6.07, 6.45) is -0.266. The molecule has 7 nitrogen and oxygen atoms in total. The number of carboxylic acid groups (broad SMARTS) is 1. The van der Waals surface area contributed by atoms with Crippen LogP contribution in [0.5, 0.6) is 0 Å². The van der Waals surface area contributed by atoms with Gasteiger partial charge in [0.05, 0.1) is 12.1 Å². The number of nitrogens with zero attached hydrogens (tertiary/aromatic N) is 2. The van der Waals surface area contributed by atoms with E-state index in [0.29, 0.717) is 0 Å². The van der Waals surface area contributed by atoms with E-state index >= 15 is 0 Å². The quantitative estimate of drug-likeness (QED) is 0.734. The number of sulfone groups is 1. The van der Waals surface area contributed by atoms with Crippen LogP contribution in [0.1, 0.15) is 11.3 Å². The molecule has 0 aliphatic heterocycles. The number of pyridine rings is 1. The lowest BCUT2D eigenvalue weighted by Gasteiger charge is -2.00. The minimum atomic E-state index is -3.62. The van der Waals surface area contributed by atoms with E-state index < -0.39 is 15.9 Å². The fraction of sp³-hybridized carbons (Fsp3) is 0.182. The molecule has 0 bridgehead atoms. The van der Waals surface area contributed by atoms with E-state index in [-0.39, 0.29) is 22.8 Å². The van der Waals surface area contributed by atoms with Gasteiger partial charge in [-0.25, -0.2) is 18.2 Å². The van der Waals surface area contributed by atoms with Crippen LogP contribution in [0.25, 0.3) is 0 Å². The van der Waals surface area contributed by atoms with Crippen LogP contribution in [-0.4, -0.2) is 37.4 Å². The van der Waals surface area contributed by atoms with Gasteiger partial charge in [-0.2, -0.15) is 5.26 Å². The van der Waals surface area contributed by atoms with Crippen molar-refractivity contribution in [3.05, 3.63) is 23.4 Å². The van der Waals surface area contributed by atoms with Gasteiger partial charge in [-0.3, -0.25) is 0 Å². The Hall–Kier alpha value is -2.58. The topological polar surface area (TPSA) is 120 Å². The maximum atomic E-state index is 11.4. The molecule has 1 aromatic heterocycles. The zero-order valence-electron chi connectivity index (χ0n) is 9.84. The van der Waals surface area contributed by atoms with Gasteiger partial charge in [0.25, 0.3) is 0 Å². The van der Waals surface area contributed by atoms with Crippen molar-refractivity contribution in [3.63, 3.8) is 0 Å². The summed E-state index contributed by atoms with van der Waals surface area (Å²) in [5.74, 6) is 4.97. The Kier molecular flexibility index (Phi) is 4.46. The molecule has 2 N–H and O–H groups in total. The number of nitriles is 1. The van der Waals surface area contributed by atoms with Gasteiger partial charge in [0.15, 0.2) is 14.9 Å². The Balaban J connectivity index is 3.07. The molecule has 0 aliphatic carbocycles. The lowest BCUT2D eigenvalue weighted by atomic mass is 10.2. The van der Waals surface area contributed by atoms with Crippen molar-refractivity contribution in [2.45, 2.75) is 5.03 Å². The summed E-state index contributed by atoms with van der Waals surface area (Å²) in [7, 11) is -3.62. The first kappa shape index (κ1) is 14.5. The molecular weight excluding hydrogens is 270 g/mol. The molecule has 0 unspecified atom stereocenters. The number of amides is 1. The highest BCUT2D eigenvalue weighted by molar-refractivity contribution is 7.90. The summed E-state index contributed by atoms with van der Waals surface area (Å²) in [6, 6.07) is 4.43. The third-order valence-corrected chi connectivity index (χ3v) is 2.89. The molecular formula is C11H9N3O4S. The Morgan fingerprint density at radius 2 is 2.21 bits per heavy atom. The zero-order chi connectivity index (χ0) is 14.5. The van der Waals surface area contributed by atoms with E-state index in [4.69, 9.17) is 10.4 Å². The molecule has 0 saturated carbocycles. The van der Waals surface area contributed by atoms with E-state index in [1.54, 1.807) is 6.07 Å². The molecule has 1 rings (SSSR count). The van der Waals surface area contributed by atoms with Gasteiger partial charge < -0.3 is 10.4 Å². The Labute approximate surface area is 109 Å². The third kappa shape index (κ3) is 4.30. The Morgan fingerprint density at radius 1 is 1.53 bits per heavy atom. The minimum absolute atomic E-state index is 0.0586. The van der Waals surface area contributed by atoms with Gasteiger partial charge in [0.1, 0.15) is 11.8 Å². The number of carbonyl (C=O) groups is 1. The fourth-order valence-electron chi connectivity index (χ4n) is 1.13. The van der Waals surface area contributed by atoms with Crippen molar-refractivity contribution in [1.29, 1.82) is 5.26 Å². The van der Waals surface area contributed by atoms with Crippen molar-refractivity contribution in [1.82, 2.24) is 10.3 Å². The zero-order valence-corrected chi connectivity index (χ0v) is 10.7. The molecule has 0 fully saturated rings. The molecule has 0 spiro atoms. The summed E-state index contributed by atoms with van der Waals surface area (Å²) in [5.41, 5.74) is 0.0864. The molecule has 1 aromatic rings. The maximum Gasteiger partial charge on any atom is 0.405 e. The van der Waals surface area contributed by atoms with Gasteiger partial charge >= 0.3 is 6.09 Å². The van der Waals surface area contributed by atoms with Crippen LogP contribution in [0.2, 0.25) is 0 Å². The fourth-order valence-corrected chi connectivity index (χ4v) is 1.91. The molecule has 0 atom stereocenters. The van der Waals surface area contributed by atoms with Gasteiger partial charge in [0, 0.05) is 6.26 Å². The van der Waals surface area contributed by atoms with Gasteiger partial charge in [-0.1, -0.05) is 5.92 Å². The number of hydrogen-bond donors (Lipinski definition) is 2. The van der Waals surface area contributed by atoms with Crippen molar-refractivity contribution in [2.24, 2.45) is 0 Å². The lowest BCUT2D eigenvalue weighted by Crippen LogP contribution is -2.20. The second kappa shape index (κ2) is 5.85. The predicted molar refractivity (Wildman–Crippen MR) is 65.0 cm³/mol. The number of aromatic nitrogens is 1. The van der Waals surface area contributed by atoms with Crippen LogP contribution in [0.3, 0.4) is 0 Å². The normalized spacial score (nSPS) is 9.89. The number of hydrogen-bond acceptors (Lipinski definition) is 5. The standard InChI is InChI=1S/C11H9N3O4S/c1-19(17,18)10-8(7-12)4-5-9(14-10)3-2-6-13-11(15)16/h4-5,13H,6H2,1H3,(H,15,16). The average molecular weight is 279 g/mol. The molecule has 0 aliphatic rings. The molecule has 8 heteroatoms. The van der Waals surface area contributed by atoms with Crippen LogP contribution in [-0.2, 0) is 9.84 Å². The van der Waals surface area contributed by atoms with E-state index in [9.17, 15) is 13.2 Å². The van der Waals surface area contributed by atoms with E-state index in [2.05, 4.69) is 16.8 Å². The van der Waals surface area contributed by atoms with E-state index in [1.807, 2.05) is 5.32 Å². The maximum absolute atomic E-state index is 11.4. The number of nitrogens with one attached hydrogen (secondary N) is 1. The van der Waals surface area contributed by atoms with E-state index in [0.717, 1.165) is 6.26 Å². The monoisotopic (exact) mass is 279 g/mol. The van der Waals surface area contributed by atoms with Crippen LogP contribution >= 0.6 is 0 Å². The van der Waals surface area contributed by atoms with Crippen molar-refractivity contribution >= 4 is 15.9 Å². The van der Waals surface area contributed by atoms with Crippen molar-refractivity contribution < 1.29 is 18.3 Å². The Morgan fingerprint density at radius 3 is 2.74 bits per heavy atom. The third-order valence-electron chi connectivity index (χ3n) is 1.88. The van der Waals surface area contributed by atoms with Gasteiger partial charge in [-0.15, -0.1) is 0 Å². The first-order chi connectivity index (χ1) is 8.84. The van der Waals surface area contributed by atoms with Crippen LogP contribution in [0, 0.1) is 23.2 Å². The first-order valence-corrected chi connectivity index (χ1v) is 6.80. The smallest absolute Gasteiger partial charge is 0.405 e. The van der Waals surface area contributed by atoms with Crippen LogP contribution < -0.4 is 5.32 Å². The number of rotatable bonds is 2. The SMILES string of the molecule is CS(=O)(=O)c1nc(C#CCNC(=O)O)ccc1C#N. The van der Waals surface area contributed by atoms with Crippen LogP contribution in [0.4, 0.5) is 4.79 Å². The summed E-state index contributed by atoms with van der Waals surface area (Å²) >= 11 is 0. The Bertz CT molecular complexity index is 708. The summed E-state index contributed by atoms with van der Waals surface area (Å²) in [6.45, 7) is -0.106. The molecule has 98 valence electrons. The van der Waals surface area contributed by atoms with Crippen molar-refractivity contribution in [3.8, 4) is 17.9 Å². The predicted octanol–water partition coefficient (Wildman–Crippen LogP) is -0.0241. The minimum Gasteiger partial charge on any atom is -0.465 e. The van der Waals surface area contributed by atoms with Gasteiger partial charge in [0.2, 0.25) is 0 Å². The molecule has 0 radical (unpaired) electrons. The molecule has 19 heavy (non-hydrogen) atoms. The summed E-state index contributed by atoms with van der Waals surface area (Å²) < 4.78 is 22.9. The van der Waals surface area contributed by atoms with Gasteiger partial charge in [-0.05, 0) is 18.1 Å². The highest BCUT2D eigenvalue weighted by Crippen LogP contribution is 2.12. The van der Waals surface area contributed by atoms with Crippen molar-refractivity contribution in [2.75, 3.05) is 12.8 Å². The second-order valence-corrected chi connectivity index (χ2v) is 5.32. The largest absolute Gasteiger partial charge is 0.465 e. The highest BCUT2D eigenvalue weighted by Gasteiger charge is 2.15. The second-order valence-electron chi connectivity index (χ2n) is 3.39. The molecule has 1 heterocycles. The average Bonchev–Trinajstić information content (AvgIpc) is 2.33. The molecule has 0 aromatic carbocycles. The summed E-state index contributed by atoms with van der Waals surface area (Å²) in [4.78, 5) is 13.9. The highest BCUT2D eigenvalue weighted by atomic mass is 32.2. The summed E-state index contributed by atoms with van der Waals surface area (Å²) in [5, 5.41) is 18.8. The molecule has 0 saturated heterocycles. The van der Waals surface area contributed by atoms with Crippen LogP contribution in [0.15, 0.2) is 17.2 Å². The molecule has 1 amide bonds. The lowest BCUT2D eigenvalue weighted by molar-refractivity contribution is 0.196.